The van der Waals surface area contributed by atoms with Crippen LogP contribution in [-0.2, 0) is 11.8 Å². The normalized spacial score (nSPS) is 12.4. The Morgan fingerprint density at radius 3 is 2.83 bits per heavy atom. The summed E-state index contributed by atoms with van der Waals surface area (Å²) in [7, 11) is 1.79. The van der Waals surface area contributed by atoms with E-state index in [1.54, 1.807) is 24.1 Å². The number of aromatic nitrogens is 2. The van der Waals surface area contributed by atoms with Crippen LogP contribution in [0.4, 0.5) is 0 Å². The van der Waals surface area contributed by atoms with Crippen molar-refractivity contribution >= 4 is 5.91 Å². The summed E-state index contributed by atoms with van der Waals surface area (Å²) in [6.45, 7) is 0.858. The molecule has 0 spiro atoms. The minimum atomic E-state index is -0.656. The molecule has 6 heteroatoms. The molecular weight excluding hydrogens is 232 g/mol. The van der Waals surface area contributed by atoms with Crippen LogP contribution < -0.4 is 11.1 Å². The Morgan fingerprint density at radius 1 is 1.50 bits per heavy atom. The van der Waals surface area contributed by atoms with Gasteiger partial charge in [0.1, 0.15) is 6.04 Å². The second kappa shape index (κ2) is 7.84. The van der Waals surface area contributed by atoms with E-state index in [2.05, 4.69) is 10.4 Å². The number of nitrogens with one attached hydrogen (secondary N) is 1. The van der Waals surface area contributed by atoms with Crippen molar-refractivity contribution in [2.24, 2.45) is 12.8 Å². The molecular formula is C12H22N4O2. The van der Waals surface area contributed by atoms with E-state index in [1.807, 2.05) is 0 Å². The molecule has 1 unspecified atom stereocenters. The van der Waals surface area contributed by atoms with Crippen molar-refractivity contribution in [1.29, 1.82) is 0 Å². The predicted molar refractivity (Wildman–Crippen MR) is 68.7 cm³/mol. The molecule has 102 valence electrons. The molecule has 0 saturated carbocycles. The number of nitrogens with zero attached hydrogens (tertiary/aromatic N) is 2. The molecule has 0 aromatic carbocycles. The fourth-order valence-corrected chi connectivity index (χ4v) is 1.66. The quantitative estimate of drug-likeness (QED) is 0.573. The number of unbranched alkanes of at least 4 members (excludes halogenated alkanes) is 3. The lowest BCUT2D eigenvalue weighted by atomic mass is 10.1. The zero-order valence-electron chi connectivity index (χ0n) is 10.8. The number of aliphatic hydroxyl groups is 1. The van der Waals surface area contributed by atoms with Gasteiger partial charge in [0.15, 0.2) is 0 Å². The fraction of sp³-hybridized carbons (Fsp3) is 0.667. The number of carbonyl (C=O) groups is 1. The molecule has 1 heterocycles. The molecule has 1 rings (SSSR count). The lowest BCUT2D eigenvalue weighted by molar-refractivity contribution is -0.122. The highest BCUT2D eigenvalue weighted by Gasteiger charge is 2.16. The first-order valence-corrected chi connectivity index (χ1v) is 6.28. The van der Waals surface area contributed by atoms with Gasteiger partial charge in [0.25, 0.3) is 0 Å². The Labute approximate surface area is 107 Å². The molecule has 1 aromatic rings. The van der Waals surface area contributed by atoms with Crippen LogP contribution in [0.3, 0.4) is 0 Å². The summed E-state index contributed by atoms with van der Waals surface area (Å²) in [6, 6.07) is -0.656. The van der Waals surface area contributed by atoms with E-state index < -0.39 is 6.04 Å². The van der Waals surface area contributed by atoms with Gasteiger partial charge in [-0.15, -0.1) is 0 Å². The van der Waals surface area contributed by atoms with Crippen LogP contribution in [0.2, 0.25) is 0 Å². The van der Waals surface area contributed by atoms with Gasteiger partial charge < -0.3 is 16.2 Å². The number of rotatable bonds is 8. The van der Waals surface area contributed by atoms with Crippen LogP contribution in [0.5, 0.6) is 0 Å². The summed E-state index contributed by atoms with van der Waals surface area (Å²) in [5.74, 6) is -0.176. The van der Waals surface area contributed by atoms with Crippen molar-refractivity contribution in [3.63, 3.8) is 0 Å². The van der Waals surface area contributed by atoms with Crippen molar-refractivity contribution < 1.29 is 9.90 Å². The number of aliphatic hydroxyl groups excluding tert-OH is 1. The van der Waals surface area contributed by atoms with Crippen LogP contribution in [0, 0.1) is 0 Å². The van der Waals surface area contributed by atoms with Crippen molar-refractivity contribution in [2.75, 3.05) is 13.2 Å². The van der Waals surface area contributed by atoms with Crippen molar-refractivity contribution in [3.8, 4) is 0 Å². The van der Waals surface area contributed by atoms with E-state index >= 15 is 0 Å². The standard InChI is InChI=1S/C12H22N4O2/c1-16-9-10(8-15-16)11(13)12(18)14-6-4-2-3-5-7-17/h8-9,11,17H,2-7,13H2,1H3,(H,14,18). The molecule has 0 fully saturated rings. The fourth-order valence-electron chi connectivity index (χ4n) is 1.66. The monoisotopic (exact) mass is 254 g/mol. The minimum absolute atomic E-state index is 0.176. The average molecular weight is 254 g/mol. The molecule has 1 atom stereocenters. The number of hydrogen-bond acceptors (Lipinski definition) is 4. The summed E-state index contributed by atoms with van der Waals surface area (Å²) < 4.78 is 1.62. The summed E-state index contributed by atoms with van der Waals surface area (Å²) in [5, 5.41) is 15.4. The van der Waals surface area contributed by atoms with Gasteiger partial charge >= 0.3 is 0 Å². The molecule has 1 amide bonds. The second-order valence-electron chi connectivity index (χ2n) is 4.35. The van der Waals surface area contributed by atoms with E-state index in [9.17, 15) is 4.79 Å². The van der Waals surface area contributed by atoms with Crippen molar-refractivity contribution in [1.82, 2.24) is 15.1 Å². The highest BCUT2D eigenvalue weighted by molar-refractivity contribution is 5.82. The third kappa shape index (κ3) is 4.85. The molecule has 0 aliphatic rings. The summed E-state index contributed by atoms with van der Waals surface area (Å²) >= 11 is 0. The van der Waals surface area contributed by atoms with E-state index in [1.165, 1.54) is 0 Å². The molecule has 6 nitrogen and oxygen atoms in total. The second-order valence-corrected chi connectivity index (χ2v) is 4.35. The van der Waals surface area contributed by atoms with Crippen LogP contribution in [0.25, 0.3) is 0 Å². The Hall–Kier alpha value is -1.40. The van der Waals surface area contributed by atoms with Gasteiger partial charge in [0.05, 0.1) is 6.20 Å². The van der Waals surface area contributed by atoms with Gasteiger partial charge in [0, 0.05) is 32.0 Å². The molecule has 0 aliphatic carbocycles. The molecule has 0 bridgehead atoms. The first-order chi connectivity index (χ1) is 8.65. The predicted octanol–water partition coefficient (Wildman–Crippen LogP) is 0.0888. The van der Waals surface area contributed by atoms with Gasteiger partial charge in [-0.2, -0.15) is 5.10 Å². The third-order valence-electron chi connectivity index (χ3n) is 2.75. The topological polar surface area (TPSA) is 93.2 Å². The molecule has 18 heavy (non-hydrogen) atoms. The minimum Gasteiger partial charge on any atom is -0.396 e. The van der Waals surface area contributed by atoms with E-state index in [4.69, 9.17) is 10.8 Å². The largest absolute Gasteiger partial charge is 0.396 e. The van der Waals surface area contributed by atoms with Crippen molar-refractivity contribution in [3.05, 3.63) is 18.0 Å². The first-order valence-electron chi connectivity index (χ1n) is 6.28. The van der Waals surface area contributed by atoms with E-state index in [0.29, 0.717) is 6.54 Å². The van der Waals surface area contributed by atoms with Gasteiger partial charge in [-0.05, 0) is 12.8 Å². The molecule has 4 N–H and O–H groups in total. The summed E-state index contributed by atoms with van der Waals surface area (Å²) in [5.41, 5.74) is 6.53. The Morgan fingerprint density at radius 2 is 2.22 bits per heavy atom. The number of aryl methyl sites for hydroxylation is 1. The van der Waals surface area contributed by atoms with Crippen LogP contribution in [-0.4, -0.2) is 33.9 Å². The average Bonchev–Trinajstić information content (AvgIpc) is 2.79. The zero-order valence-corrected chi connectivity index (χ0v) is 10.8. The van der Waals surface area contributed by atoms with Crippen LogP contribution in [0.15, 0.2) is 12.4 Å². The van der Waals surface area contributed by atoms with Crippen LogP contribution >= 0.6 is 0 Å². The zero-order chi connectivity index (χ0) is 13.4. The van der Waals surface area contributed by atoms with Gasteiger partial charge in [0.2, 0.25) is 5.91 Å². The first kappa shape index (κ1) is 14.7. The maximum Gasteiger partial charge on any atom is 0.241 e. The highest BCUT2D eigenvalue weighted by atomic mass is 16.2. The number of carbonyl (C=O) groups excluding carboxylic acids is 1. The van der Waals surface area contributed by atoms with Crippen molar-refractivity contribution in [2.45, 2.75) is 31.7 Å². The smallest absolute Gasteiger partial charge is 0.241 e. The number of amides is 1. The lowest BCUT2D eigenvalue weighted by Gasteiger charge is -2.10. The maximum atomic E-state index is 11.7. The Kier molecular flexibility index (Phi) is 6.38. The third-order valence-corrected chi connectivity index (χ3v) is 2.75. The van der Waals surface area contributed by atoms with Gasteiger partial charge in [-0.25, -0.2) is 0 Å². The number of nitrogens with two attached hydrogens (primary N) is 1. The summed E-state index contributed by atoms with van der Waals surface area (Å²) in [4.78, 5) is 11.7. The molecule has 1 aromatic heterocycles. The SMILES string of the molecule is Cn1cc(C(N)C(=O)NCCCCCCO)cn1. The van der Waals surface area contributed by atoms with Gasteiger partial charge in [-0.3, -0.25) is 9.48 Å². The lowest BCUT2D eigenvalue weighted by Crippen LogP contribution is -2.34. The Balaban J connectivity index is 2.20. The molecule has 0 saturated heterocycles. The maximum absolute atomic E-state index is 11.7. The Bertz CT molecular complexity index is 365. The highest BCUT2D eigenvalue weighted by Crippen LogP contribution is 2.08. The molecule has 0 aliphatic heterocycles. The van der Waals surface area contributed by atoms with Crippen LogP contribution in [0.1, 0.15) is 37.3 Å². The molecule has 0 radical (unpaired) electrons. The number of hydrogen-bond donors (Lipinski definition) is 3. The van der Waals surface area contributed by atoms with Gasteiger partial charge in [-0.1, -0.05) is 12.8 Å². The summed E-state index contributed by atoms with van der Waals surface area (Å²) in [6.07, 6.45) is 7.07. The van der Waals surface area contributed by atoms with E-state index in [0.717, 1.165) is 31.2 Å². The van der Waals surface area contributed by atoms with E-state index in [-0.39, 0.29) is 12.5 Å².